The van der Waals surface area contributed by atoms with Crippen LogP contribution in [0.15, 0.2) is 24.3 Å². The van der Waals surface area contributed by atoms with Gasteiger partial charge >= 0.3 is 0 Å². The normalized spacial score (nSPS) is 10.8. The minimum absolute atomic E-state index is 0.0227. The van der Waals surface area contributed by atoms with Crippen LogP contribution in [0.3, 0.4) is 0 Å². The molecular formula is C18H28FNO. The third-order valence-corrected chi connectivity index (χ3v) is 3.66. The number of benzene rings is 1. The van der Waals surface area contributed by atoms with Gasteiger partial charge in [0, 0.05) is 5.56 Å². The summed E-state index contributed by atoms with van der Waals surface area (Å²) in [6.45, 7) is 3.45. The molecule has 0 radical (unpaired) electrons. The van der Waals surface area contributed by atoms with Crippen LogP contribution in [0.2, 0.25) is 0 Å². The summed E-state index contributed by atoms with van der Waals surface area (Å²) in [5.41, 5.74) is 0.569. The van der Waals surface area contributed by atoms with E-state index in [0.29, 0.717) is 12.1 Å². The van der Waals surface area contributed by atoms with Crippen LogP contribution in [0, 0.1) is 5.82 Å². The van der Waals surface area contributed by atoms with E-state index in [9.17, 15) is 9.18 Å². The molecule has 1 rings (SSSR count). The van der Waals surface area contributed by atoms with Crippen molar-refractivity contribution in [3.05, 3.63) is 35.6 Å². The summed E-state index contributed by atoms with van der Waals surface area (Å²) >= 11 is 0. The number of rotatable bonds is 12. The fourth-order valence-electron chi connectivity index (χ4n) is 2.32. The van der Waals surface area contributed by atoms with Gasteiger partial charge in [-0.3, -0.25) is 4.79 Å². The number of unbranched alkanes of at least 4 members (excludes halogenated alkanes) is 7. The van der Waals surface area contributed by atoms with E-state index in [2.05, 4.69) is 12.2 Å². The van der Waals surface area contributed by atoms with Gasteiger partial charge in [-0.2, -0.15) is 0 Å². The van der Waals surface area contributed by atoms with E-state index in [1.807, 2.05) is 0 Å². The lowest BCUT2D eigenvalue weighted by Gasteiger charge is -2.05. The maximum absolute atomic E-state index is 12.7. The van der Waals surface area contributed by atoms with Gasteiger partial charge in [-0.05, 0) is 37.2 Å². The van der Waals surface area contributed by atoms with Crippen molar-refractivity contribution in [2.45, 2.75) is 58.3 Å². The molecule has 2 nitrogen and oxygen atoms in total. The molecule has 0 atom stereocenters. The number of Topliss-reactive ketones (excluding diaryl/α,β-unsaturated/α-hetero) is 1. The summed E-state index contributed by atoms with van der Waals surface area (Å²) < 4.78 is 12.7. The number of nitrogens with one attached hydrogen (secondary N) is 1. The van der Waals surface area contributed by atoms with Crippen molar-refractivity contribution in [3.63, 3.8) is 0 Å². The van der Waals surface area contributed by atoms with Crippen LogP contribution in [-0.4, -0.2) is 18.9 Å². The fraction of sp³-hybridized carbons (Fsp3) is 0.611. The zero-order valence-corrected chi connectivity index (χ0v) is 13.2. The Balaban J connectivity index is 1.96. The molecule has 0 amide bonds. The van der Waals surface area contributed by atoms with Crippen LogP contribution in [0.5, 0.6) is 0 Å². The highest BCUT2D eigenvalue weighted by Crippen LogP contribution is 2.08. The van der Waals surface area contributed by atoms with E-state index in [0.717, 1.165) is 13.0 Å². The zero-order valence-electron chi connectivity index (χ0n) is 13.2. The first kappa shape index (κ1) is 17.8. The van der Waals surface area contributed by atoms with Gasteiger partial charge in [0.05, 0.1) is 6.54 Å². The molecule has 0 aliphatic carbocycles. The van der Waals surface area contributed by atoms with Gasteiger partial charge in [0.25, 0.3) is 0 Å². The van der Waals surface area contributed by atoms with E-state index in [1.165, 1.54) is 69.2 Å². The van der Waals surface area contributed by atoms with Gasteiger partial charge in [-0.25, -0.2) is 4.39 Å². The molecule has 3 heteroatoms. The highest BCUT2D eigenvalue weighted by Gasteiger charge is 2.04. The number of hydrogen-bond donors (Lipinski definition) is 1. The molecule has 0 bridgehead atoms. The summed E-state index contributed by atoms with van der Waals surface area (Å²) in [6, 6.07) is 5.73. The van der Waals surface area contributed by atoms with Crippen molar-refractivity contribution in [1.29, 1.82) is 0 Å². The minimum Gasteiger partial charge on any atom is -0.310 e. The number of hydrogen-bond acceptors (Lipinski definition) is 2. The third-order valence-electron chi connectivity index (χ3n) is 3.66. The number of halogens is 1. The van der Waals surface area contributed by atoms with Crippen molar-refractivity contribution in [2.75, 3.05) is 13.1 Å². The Morgan fingerprint density at radius 2 is 1.52 bits per heavy atom. The molecule has 0 fully saturated rings. The van der Waals surface area contributed by atoms with Crippen LogP contribution in [0.1, 0.15) is 68.6 Å². The highest BCUT2D eigenvalue weighted by molar-refractivity contribution is 5.97. The van der Waals surface area contributed by atoms with Crippen LogP contribution < -0.4 is 5.32 Å². The standard InChI is InChI=1S/C18H28FNO/c1-2-3-4-5-6-7-8-9-14-20-15-18(21)16-10-12-17(19)13-11-16/h10-13,20H,2-9,14-15H2,1H3. The van der Waals surface area contributed by atoms with Gasteiger partial charge in [0.2, 0.25) is 0 Å². The molecule has 1 N–H and O–H groups in total. The van der Waals surface area contributed by atoms with E-state index < -0.39 is 0 Å². The zero-order chi connectivity index (χ0) is 15.3. The summed E-state index contributed by atoms with van der Waals surface area (Å²) in [4.78, 5) is 11.8. The molecule has 1 aromatic carbocycles. The SMILES string of the molecule is CCCCCCCCCCNCC(=O)c1ccc(F)cc1. The van der Waals surface area contributed by atoms with Gasteiger partial charge in [0.15, 0.2) is 5.78 Å². The lowest BCUT2D eigenvalue weighted by Crippen LogP contribution is -2.24. The first-order valence-corrected chi connectivity index (χ1v) is 8.23. The van der Waals surface area contributed by atoms with Gasteiger partial charge in [-0.1, -0.05) is 51.9 Å². The van der Waals surface area contributed by atoms with Gasteiger partial charge in [-0.15, -0.1) is 0 Å². The molecule has 0 aliphatic heterocycles. The fourth-order valence-corrected chi connectivity index (χ4v) is 2.32. The highest BCUT2D eigenvalue weighted by atomic mass is 19.1. The quantitative estimate of drug-likeness (QED) is 0.445. The molecule has 1 aromatic rings. The molecule has 118 valence electrons. The van der Waals surface area contributed by atoms with Crippen molar-refractivity contribution < 1.29 is 9.18 Å². The molecule has 0 spiro atoms. The predicted molar refractivity (Wildman–Crippen MR) is 86.2 cm³/mol. The maximum Gasteiger partial charge on any atom is 0.176 e. The topological polar surface area (TPSA) is 29.1 Å². The van der Waals surface area contributed by atoms with E-state index in [4.69, 9.17) is 0 Å². The lowest BCUT2D eigenvalue weighted by molar-refractivity contribution is 0.0991. The second-order valence-corrected chi connectivity index (χ2v) is 5.58. The molecule has 0 saturated carbocycles. The van der Waals surface area contributed by atoms with Crippen molar-refractivity contribution in [1.82, 2.24) is 5.32 Å². The molecular weight excluding hydrogens is 265 g/mol. The van der Waals surface area contributed by atoms with E-state index in [1.54, 1.807) is 0 Å². The molecule has 0 aliphatic rings. The minimum atomic E-state index is -0.307. The average molecular weight is 293 g/mol. The third kappa shape index (κ3) is 8.61. The van der Waals surface area contributed by atoms with Gasteiger partial charge in [0.1, 0.15) is 5.82 Å². The predicted octanol–water partition coefficient (Wildman–Crippen LogP) is 4.74. The number of carbonyl (C=O) groups excluding carboxylic acids is 1. The molecule has 0 unspecified atom stereocenters. The largest absolute Gasteiger partial charge is 0.310 e. The Bertz CT molecular complexity index is 389. The molecule has 21 heavy (non-hydrogen) atoms. The van der Waals surface area contributed by atoms with Crippen LogP contribution in [0.4, 0.5) is 4.39 Å². The van der Waals surface area contributed by atoms with Crippen LogP contribution in [0.25, 0.3) is 0 Å². The summed E-state index contributed by atoms with van der Waals surface area (Å²) in [5.74, 6) is -0.284. The van der Waals surface area contributed by atoms with Crippen LogP contribution in [-0.2, 0) is 0 Å². The first-order chi connectivity index (χ1) is 10.2. The Labute approximate surface area is 128 Å². The van der Waals surface area contributed by atoms with Crippen molar-refractivity contribution in [3.8, 4) is 0 Å². The maximum atomic E-state index is 12.7. The summed E-state index contributed by atoms with van der Waals surface area (Å²) in [7, 11) is 0. The monoisotopic (exact) mass is 293 g/mol. The second kappa shape index (κ2) is 11.4. The Hall–Kier alpha value is -1.22. The summed E-state index contributed by atoms with van der Waals surface area (Å²) in [5, 5.41) is 3.17. The molecule has 0 heterocycles. The van der Waals surface area contributed by atoms with Gasteiger partial charge < -0.3 is 5.32 Å². The molecule has 0 saturated heterocycles. The Morgan fingerprint density at radius 3 is 2.14 bits per heavy atom. The Morgan fingerprint density at radius 1 is 0.952 bits per heavy atom. The van der Waals surface area contributed by atoms with E-state index >= 15 is 0 Å². The van der Waals surface area contributed by atoms with Crippen LogP contribution >= 0.6 is 0 Å². The lowest BCUT2D eigenvalue weighted by atomic mass is 10.1. The average Bonchev–Trinajstić information content (AvgIpc) is 2.49. The summed E-state index contributed by atoms with van der Waals surface area (Å²) in [6.07, 6.45) is 10.3. The first-order valence-electron chi connectivity index (χ1n) is 8.23. The Kier molecular flexibility index (Phi) is 9.71. The van der Waals surface area contributed by atoms with Crippen molar-refractivity contribution in [2.24, 2.45) is 0 Å². The van der Waals surface area contributed by atoms with E-state index in [-0.39, 0.29) is 11.6 Å². The second-order valence-electron chi connectivity index (χ2n) is 5.58. The number of carbonyl (C=O) groups is 1. The molecule has 0 aromatic heterocycles. The number of ketones is 1. The smallest absolute Gasteiger partial charge is 0.176 e. The van der Waals surface area contributed by atoms with Crippen molar-refractivity contribution >= 4 is 5.78 Å².